The second-order valence-electron chi connectivity index (χ2n) is 2.07. The van der Waals surface area contributed by atoms with E-state index in [-0.39, 0.29) is 11.4 Å². The molecule has 0 amide bonds. The van der Waals surface area contributed by atoms with Crippen LogP contribution in [0.5, 0.6) is 0 Å². The van der Waals surface area contributed by atoms with Crippen LogP contribution in [0.4, 0.5) is 11.5 Å². The van der Waals surface area contributed by atoms with Crippen LogP contribution < -0.4 is 5.48 Å². The Kier molecular flexibility index (Phi) is 2.37. The quantitative estimate of drug-likeness (QED) is 0.510. The molecule has 1 aromatic heterocycles. The first-order chi connectivity index (χ1) is 6.19. The van der Waals surface area contributed by atoms with Crippen molar-refractivity contribution in [2.24, 2.45) is 0 Å². The van der Waals surface area contributed by atoms with E-state index in [1.165, 1.54) is 0 Å². The van der Waals surface area contributed by atoms with Gasteiger partial charge in [0.15, 0.2) is 0 Å². The smallest absolute Gasteiger partial charge is 0.289 e. The second-order valence-corrected chi connectivity index (χ2v) is 2.07. The summed E-state index contributed by atoms with van der Waals surface area (Å²) in [5.41, 5.74) is 1.18. The molecule has 0 saturated carbocycles. The maximum absolute atomic E-state index is 10.4. The van der Waals surface area contributed by atoms with Gasteiger partial charge in [-0.3, -0.25) is 15.3 Å². The van der Waals surface area contributed by atoms with Gasteiger partial charge in [-0.25, -0.2) is 10.5 Å². The van der Waals surface area contributed by atoms with E-state index < -0.39 is 10.6 Å². The summed E-state index contributed by atoms with van der Waals surface area (Å²) in [6.45, 7) is 0. The van der Waals surface area contributed by atoms with Crippen molar-refractivity contribution in [1.29, 1.82) is 5.26 Å². The number of nitrogens with one attached hydrogen (secondary N) is 1. The molecule has 1 heterocycles. The molecule has 0 spiro atoms. The van der Waals surface area contributed by atoms with E-state index in [2.05, 4.69) is 4.98 Å². The molecule has 0 saturated heterocycles. The van der Waals surface area contributed by atoms with Crippen LogP contribution in [-0.2, 0) is 0 Å². The average Bonchev–Trinajstić information content (AvgIpc) is 2.16. The molecule has 0 radical (unpaired) electrons. The fraction of sp³-hybridized carbons (Fsp3) is 0. The van der Waals surface area contributed by atoms with Gasteiger partial charge in [-0.2, -0.15) is 5.26 Å². The molecule has 0 aliphatic heterocycles. The molecule has 0 aromatic carbocycles. The van der Waals surface area contributed by atoms with Gasteiger partial charge in [-0.15, -0.1) is 0 Å². The molecule has 0 bridgehead atoms. The van der Waals surface area contributed by atoms with Gasteiger partial charge in [0.25, 0.3) is 0 Å². The normalized spacial score (nSPS) is 8.92. The zero-order chi connectivity index (χ0) is 9.84. The fourth-order valence-corrected chi connectivity index (χ4v) is 0.740. The van der Waals surface area contributed by atoms with Crippen molar-refractivity contribution < 1.29 is 10.1 Å². The maximum Gasteiger partial charge on any atom is 0.314 e. The van der Waals surface area contributed by atoms with Crippen molar-refractivity contribution in [2.45, 2.75) is 0 Å². The fourth-order valence-electron chi connectivity index (χ4n) is 0.740. The SMILES string of the molecule is N#Cc1cnc(NO)c([N+](=O)[O-])c1. The predicted molar refractivity (Wildman–Crippen MR) is 41.0 cm³/mol. The van der Waals surface area contributed by atoms with E-state index in [1.54, 1.807) is 11.5 Å². The molecule has 0 atom stereocenters. The number of hydrogen-bond donors (Lipinski definition) is 2. The molecule has 13 heavy (non-hydrogen) atoms. The summed E-state index contributed by atoms with van der Waals surface area (Å²) < 4.78 is 0. The Hall–Kier alpha value is -2.20. The summed E-state index contributed by atoms with van der Waals surface area (Å²) in [6, 6.07) is 2.72. The van der Waals surface area contributed by atoms with Gasteiger partial charge in [0.1, 0.15) is 6.07 Å². The van der Waals surface area contributed by atoms with Gasteiger partial charge < -0.3 is 0 Å². The molecule has 2 N–H and O–H groups in total. The zero-order valence-electron chi connectivity index (χ0n) is 6.26. The summed E-state index contributed by atoms with van der Waals surface area (Å²) in [4.78, 5) is 13.1. The van der Waals surface area contributed by atoms with Crippen molar-refractivity contribution in [3.8, 4) is 6.07 Å². The van der Waals surface area contributed by atoms with Crippen molar-refractivity contribution in [2.75, 3.05) is 5.48 Å². The highest BCUT2D eigenvalue weighted by Gasteiger charge is 2.15. The summed E-state index contributed by atoms with van der Waals surface area (Å²) >= 11 is 0. The van der Waals surface area contributed by atoms with Gasteiger partial charge >= 0.3 is 5.69 Å². The molecule has 0 aliphatic rings. The lowest BCUT2D eigenvalue weighted by atomic mass is 10.3. The Labute approximate surface area is 72.4 Å². The topological polar surface area (TPSA) is 112 Å². The third-order valence-electron chi connectivity index (χ3n) is 1.30. The van der Waals surface area contributed by atoms with Crippen molar-refractivity contribution >= 4 is 11.5 Å². The first-order valence-corrected chi connectivity index (χ1v) is 3.13. The Morgan fingerprint density at radius 3 is 2.92 bits per heavy atom. The molecule has 66 valence electrons. The summed E-state index contributed by atoms with van der Waals surface area (Å²) in [5.74, 6) is -0.288. The largest absolute Gasteiger partial charge is 0.314 e. The zero-order valence-corrected chi connectivity index (χ0v) is 6.26. The third kappa shape index (κ3) is 1.69. The number of aromatic nitrogens is 1. The lowest BCUT2D eigenvalue weighted by Gasteiger charge is -1.98. The van der Waals surface area contributed by atoms with Crippen LogP contribution in [0.15, 0.2) is 12.3 Å². The standard InChI is InChI=1S/C6H4N4O3/c7-2-4-1-5(10(12)13)6(9-11)8-3-4/h1,3,11H,(H,8,9). The van der Waals surface area contributed by atoms with Gasteiger partial charge in [-0.1, -0.05) is 0 Å². The van der Waals surface area contributed by atoms with Crippen molar-refractivity contribution in [3.05, 3.63) is 27.9 Å². The van der Waals surface area contributed by atoms with Crippen LogP contribution in [0.25, 0.3) is 0 Å². The summed E-state index contributed by atoms with van der Waals surface area (Å²) in [7, 11) is 0. The second kappa shape index (κ2) is 3.46. The van der Waals surface area contributed by atoms with Gasteiger partial charge in [0, 0.05) is 12.3 Å². The van der Waals surface area contributed by atoms with E-state index >= 15 is 0 Å². The molecular weight excluding hydrogens is 176 g/mol. The minimum atomic E-state index is -0.744. The van der Waals surface area contributed by atoms with Gasteiger partial charge in [0.2, 0.25) is 5.82 Å². The number of anilines is 1. The lowest BCUT2D eigenvalue weighted by Crippen LogP contribution is -2.00. The number of nitrogens with zero attached hydrogens (tertiary/aromatic N) is 3. The van der Waals surface area contributed by atoms with Crippen LogP contribution >= 0.6 is 0 Å². The first kappa shape index (κ1) is 8.89. The van der Waals surface area contributed by atoms with E-state index in [0.717, 1.165) is 12.3 Å². The van der Waals surface area contributed by atoms with Crippen molar-refractivity contribution in [3.63, 3.8) is 0 Å². The monoisotopic (exact) mass is 180 g/mol. The molecule has 1 rings (SSSR count). The lowest BCUT2D eigenvalue weighted by molar-refractivity contribution is -0.384. The highest BCUT2D eigenvalue weighted by molar-refractivity contribution is 5.56. The van der Waals surface area contributed by atoms with E-state index in [4.69, 9.17) is 10.5 Å². The average molecular weight is 180 g/mol. The minimum absolute atomic E-state index is 0.0608. The molecule has 0 unspecified atom stereocenters. The first-order valence-electron chi connectivity index (χ1n) is 3.13. The number of hydrogen-bond acceptors (Lipinski definition) is 6. The summed E-state index contributed by atoms with van der Waals surface area (Å²) in [5, 5.41) is 27.2. The highest BCUT2D eigenvalue weighted by atomic mass is 16.6. The molecule has 7 nitrogen and oxygen atoms in total. The molecule has 1 aromatic rings. The number of rotatable bonds is 2. The third-order valence-corrected chi connectivity index (χ3v) is 1.30. The van der Waals surface area contributed by atoms with E-state index in [1.807, 2.05) is 0 Å². The van der Waals surface area contributed by atoms with Gasteiger partial charge in [-0.05, 0) is 0 Å². The van der Waals surface area contributed by atoms with Crippen LogP contribution in [0, 0.1) is 21.4 Å². The van der Waals surface area contributed by atoms with Gasteiger partial charge in [0.05, 0.1) is 10.5 Å². The highest BCUT2D eigenvalue weighted by Crippen LogP contribution is 2.21. The van der Waals surface area contributed by atoms with Crippen molar-refractivity contribution in [1.82, 2.24) is 4.98 Å². The van der Waals surface area contributed by atoms with E-state index in [0.29, 0.717) is 0 Å². The van der Waals surface area contributed by atoms with E-state index in [9.17, 15) is 10.1 Å². The molecular formula is C6H4N4O3. The van der Waals surface area contributed by atoms with Crippen LogP contribution in [0.2, 0.25) is 0 Å². The Morgan fingerprint density at radius 2 is 2.46 bits per heavy atom. The number of pyridine rings is 1. The van der Waals surface area contributed by atoms with Crippen LogP contribution in [0.1, 0.15) is 5.56 Å². The predicted octanol–water partition coefficient (Wildman–Crippen LogP) is 0.663. The number of nitriles is 1. The molecule has 7 heteroatoms. The minimum Gasteiger partial charge on any atom is -0.289 e. The molecule has 0 aliphatic carbocycles. The van der Waals surface area contributed by atoms with Crippen LogP contribution in [0.3, 0.4) is 0 Å². The van der Waals surface area contributed by atoms with Crippen LogP contribution in [-0.4, -0.2) is 15.1 Å². The Morgan fingerprint density at radius 1 is 1.77 bits per heavy atom. The number of nitro groups is 1. The summed E-state index contributed by atoms with van der Waals surface area (Å²) in [6.07, 6.45) is 1.12. The Balaban J connectivity index is 3.28. The molecule has 0 fully saturated rings. The maximum atomic E-state index is 10.4. The Bertz CT molecular complexity index is 384.